The fourth-order valence-electron chi connectivity index (χ4n) is 2.62. The van der Waals surface area contributed by atoms with Crippen LogP contribution in [0.5, 0.6) is 0 Å². The molecule has 0 amide bonds. The van der Waals surface area contributed by atoms with Gasteiger partial charge in [-0.05, 0) is 11.1 Å². The normalized spacial score (nSPS) is 10.3. The Morgan fingerprint density at radius 1 is 0.500 bits per heavy atom. The molecule has 0 aliphatic rings. The molecule has 0 fully saturated rings. The summed E-state index contributed by atoms with van der Waals surface area (Å²) in [5.41, 5.74) is 3.50. The first-order valence-electron chi connectivity index (χ1n) is 8.01. The summed E-state index contributed by atoms with van der Waals surface area (Å²) in [5.74, 6) is 0.00347. The third kappa shape index (κ3) is 3.85. The lowest BCUT2D eigenvalue weighted by Gasteiger charge is -2.04. The monoisotopic (exact) mass is 314 g/mol. The van der Waals surface area contributed by atoms with Crippen molar-refractivity contribution in [1.82, 2.24) is 0 Å². The Bertz CT molecular complexity index is 819. The molecule has 0 aliphatic carbocycles. The Labute approximate surface area is 141 Å². The predicted octanol–water partition coefficient (Wildman–Crippen LogP) is 5.20. The number of ketones is 2. The number of benzene rings is 3. The molecule has 0 saturated heterocycles. The molecular formula is C22H18O2. The summed E-state index contributed by atoms with van der Waals surface area (Å²) in [6, 6.07) is 26.7. The zero-order valence-electron chi connectivity index (χ0n) is 13.3. The van der Waals surface area contributed by atoms with E-state index in [2.05, 4.69) is 0 Å². The smallest absolute Gasteiger partial charge is 0.163 e. The highest BCUT2D eigenvalue weighted by atomic mass is 16.1. The van der Waals surface area contributed by atoms with Crippen molar-refractivity contribution in [3.05, 3.63) is 96.1 Å². The molecule has 0 saturated carbocycles. The second kappa shape index (κ2) is 7.51. The maximum Gasteiger partial charge on any atom is 0.163 e. The zero-order valence-corrected chi connectivity index (χ0v) is 13.3. The molecule has 2 nitrogen and oxygen atoms in total. The Hall–Kier alpha value is -3.00. The lowest BCUT2D eigenvalue weighted by atomic mass is 9.99. The molecule has 0 bridgehead atoms. The molecule has 0 N–H and O–H groups in total. The van der Waals surface area contributed by atoms with Gasteiger partial charge in [-0.25, -0.2) is 0 Å². The van der Waals surface area contributed by atoms with Crippen LogP contribution in [0.4, 0.5) is 0 Å². The minimum atomic E-state index is -0.00103. The van der Waals surface area contributed by atoms with Crippen molar-refractivity contribution in [1.29, 1.82) is 0 Å². The van der Waals surface area contributed by atoms with Gasteiger partial charge in [0.25, 0.3) is 0 Å². The number of Topliss-reactive ketones (excluding diaryl/α,β-unsaturated/α-hetero) is 2. The maximum atomic E-state index is 12.3. The Balaban J connectivity index is 1.62. The fourth-order valence-corrected chi connectivity index (χ4v) is 2.62. The van der Waals surface area contributed by atoms with E-state index in [1.807, 2.05) is 72.8 Å². The number of carbonyl (C=O) groups excluding carboxylic acids is 2. The molecule has 0 atom stereocenters. The molecule has 0 heterocycles. The average molecular weight is 314 g/mol. The molecule has 0 spiro atoms. The van der Waals surface area contributed by atoms with Gasteiger partial charge in [-0.1, -0.05) is 84.9 Å². The molecule has 3 aromatic carbocycles. The highest BCUT2D eigenvalue weighted by molar-refractivity contribution is 6.02. The van der Waals surface area contributed by atoms with Gasteiger partial charge < -0.3 is 0 Å². The minimum absolute atomic E-state index is 0.00103. The molecule has 24 heavy (non-hydrogen) atoms. The van der Waals surface area contributed by atoms with Crippen LogP contribution in [0.1, 0.15) is 33.6 Å². The molecule has 0 aliphatic heterocycles. The van der Waals surface area contributed by atoms with Crippen LogP contribution in [0, 0.1) is 0 Å². The summed E-state index contributed by atoms with van der Waals surface area (Å²) in [7, 11) is 0. The van der Waals surface area contributed by atoms with Crippen molar-refractivity contribution >= 4 is 11.6 Å². The van der Waals surface area contributed by atoms with Crippen molar-refractivity contribution < 1.29 is 9.59 Å². The van der Waals surface area contributed by atoms with Crippen LogP contribution in [0.15, 0.2) is 84.9 Å². The van der Waals surface area contributed by atoms with Crippen LogP contribution in [0.25, 0.3) is 11.1 Å². The van der Waals surface area contributed by atoms with Crippen molar-refractivity contribution in [3.63, 3.8) is 0 Å². The molecule has 3 aromatic rings. The van der Waals surface area contributed by atoms with Crippen molar-refractivity contribution in [2.24, 2.45) is 0 Å². The van der Waals surface area contributed by atoms with Gasteiger partial charge in [-0.15, -0.1) is 0 Å². The topological polar surface area (TPSA) is 34.1 Å². The van der Waals surface area contributed by atoms with Crippen LogP contribution in [0.3, 0.4) is 0 Å². The second-order valence-corrected chi connectivity index (χ2v) is 5.66. The Kier molecular flexibility index (Phi) is 4.97. The third-order valence-electron chi connectivity index (χ3n) is 3.99. The molecule has 118 valence electrons. The van der Waals surface area contributed by atoms with Gasteiger partial charge in [0.2, 0.25) is 0 Å². The van der Waals surface area contributed by atoms with E-state index < -0.39 is 0 Å². The zero-order chi connectivity index (χ0) is 16.8. The van der Waals surface area contributed by atoms with E-state index in [1.165, 1.54) is 0 Å². The van der Waals surface area contributed by atoms with Crippen molar-refractivity contribution in [3.8, 4) is 11.1 Å². The summed E-state index contributed by atoms with van der Waals surface area (Å²) in [6.07, 6.45) is 0.474. The van der Waals surface area contributed by atoms with E-state index in [1.54, 1.807) is 12.1 Å². The van der Waals surface area contributed by atoms with Gasteiger partial charge >= 0.3 is 0 Å². The molecule has 0 radical (unpaired) electrons. The molecular weight excluding hydrogens is 296 g/mol. The van der Waals surface area contributed by atoms with E-state index in [0.717, 1.165) is 11.1 Å². The van der Waals surface area contributed by atoms with E-state index in [0.29, 0.717) is 11.1 Å². The average Bonchev–Trinajstić information content (AvgIpc) is 2.67. The Morgan fingerprint density at radius 3 is 1.46 bits per heavy atom. The van der Waals surface area contributed by atoms with E-state index >= 15 is 0 Å². The second-order valence-electron chi connectivity index (χ2n) is 5.66. The summed E-state index contributed by atoms with van der Waals surface area (Å²) in [5, 5.41) is 0. The van der Waals surface area contributed by atoms with Crippen molar-refractivity contribution in [2.45, 2.75) is 12.8 Å². The van der Waals surface area contributed by atoms with Gasteiger partial charge in [0.1, 0.15) is 0 Å². The van der Waals surface area contributed by atoms with Gasteiger partial charge in [0.15, 0.2) is 11.6 Å². The highest BCUT2D eigenvalue weighted by Gasteiger charge is 2.11. The summed E-state index contributed by atoms with van der Waals surface area (Å²) < 4.78 is 0. The highest BCUT2D eigenvalue weighted by Crippen LogP contribution is 2.20. The van der Waals surface area contributed by atoms with Crippen LogP contribution < -0.4 is 0 Å². The minimum Gasteiger partial charge on any atom is -0.294 e. The maximum absolute atomic E-state index is 12.3. The summed E-state index contributed by atoms with van der Waals surface area (Å²) in [6.45, 7) is 0. The van der Waals surface area contributed by atoms with E-state index in [9.17, 15) is 9.59 Å². The van der Waals surface area contributed by atoms with Gasteiger partial charge in [0.05, 0.1) is 0 Å². The quantitative estimate of drug-likeness (QED) is 0.586. The molecule has 2 heteroatoms. The fraction of sp³-hybridized carbons (Fsp3) is 0.0909. The predicted molar refractivity (Wildman–Crippen MR) is 96.2 cm³/mol. The van der Waals surface area contributed by atoms with Crippen LogP contribution in [-0.4, -0.2) is 11.6 Å². The van der Waals surface area contributed by atoms with Crippen LogP contribution in [0.2, 0.25) is 0 Å². The Morgan fingerprint density at radius 2 is 0.917 bits per heavy atom. The first-order chi connectivity index (χ1) is 11.7. The lowest BCUT2D eigenvalue weighted by molar-refractivity contribution is 0.0917. The van der Waals surface area contributed by atoms with Gasteiger partial charge in [-0.3, -0.25) is 9.59 Å². The van der Waals surface area contributed by atoms with Crippen LogP contribution >= 0.6 is 0 Å². The first-order valence-corrected chi connectivity index (χ1v) is 8.01. The summed E-state index contributed by atoms with van der Waals surface area (Å²) >= 11 is 0. The summed E-state index contributed by atoms with van der Waals surface area (Å²) in [4.78, 5) is 24.3. The first kappa shape index (κ1) is 15.9. The third-order valence-corrected chi connectivity index (χ3v) is 3.99. The number of hydrogen-bond donors (Lipinski definition) is 0. The molecule has 3 rings (SSSR count). The number of carbonyl (C=O) groups is 2. The van der Waals surface area contributed by atoms with Crippen molar-refractivity contribution in [2.75, 3.05) is 0 Å². The largest absolute Gasteiger partial charge is 0.294 e. The number of hydrogen-bond acceptors (Lipinski definition) is 2. The molecule has 0 aromatic heterocycles. The van der Waals surface area contributed by atoms with E-state index in [-0.39, 0.29) is 24.4 Å². The molecule has 0 unspecified atom stereocenters. The standard InChI is InChI=1S/C22H18O2/c23-21(19-9-5-2-6-10-19)15-16-22(24)20-13-11-18(12-14-20)17-7-3-1-4-8-17/h1-14H,15-16H2. The van der Waals surface area contributed by atoms with Gasteiger partial charge in [0, 0.05) is 24.0 Å². The lowest BCUT2D eigenvalue weighted by Crippen LogP contribution is -2.05. The number of rotatable bonds is 6. The SMILES string of the molecule is O=C(CCC(=O)c1ccc(-c2ccccc2)cc1)c1ccccc1. The van der Waals surface area contributed by atoms with E-state index in [4.69, 9.17) is 0 Å². The van der Waals surface area contributed by atoms with Crippen LogP contribution in [-0.2, 0) is 0 Å². The van der Waals surface area contributed by atoms with Gasteiger partial charge in [-0.2, -0.15) is 0 Å².